The molecule has 14 heavy (non-hydrogen) atoms. The molecular formula is C8H15N3O3. The van der Waals surface area contributed by atoms with Crippen LogP contribution in [0.4, 0.5) is 4.79 Å². The lowest BCUT2D eigenvalue weighted by atomic mass is 10.1. The van der Waals surface area contributed by atoms with Gasteiger partial charge in [-0.05, 0) is 5.92 Å². The minimum absolute atomic E-state index is 0.0574. The van der Waals surface area contributed by atoms with Gasteiger partial charge in [-0.3, -0.25) is 0 Å². The average Bonchev–Trinajstić information content (AvgIpc) is 2.13. The van der Waals surface area contributed by atoms with Crippen LogP contribution in [-0.4, -0.2) is 31.9 Å². The molecule has 0 aromatic carbocycles. The van der Waals surface area contributed by atoms with Gasteiger partial charge in [0.15, 0.2) is 0 Å². The van der Waals surface area contributed by atoms with Gasteiger partial charge in [-0.25, -0.2) is 15.0 Å². The molecule has 0 aromatic rings. The van der Waals surface area contributed by atoms with E-state index in [0.29, 0.717) is 0 Å². The van der Waals surface area contributed by atoms with Crippen LogP contribution in [0.2, 0.25) is 0 Å². The fraction of sp³-hybridized carbons (Fsp3) is 0.625. The van der Waals surface area contributed by atoms with Gasteiger partial charge in [0.2, 0.25) is 0 Å². The second kappa shape index (κ2) is 5.95. The highest BCUT2D eigenvalue weighted by Gasteiger charge is 2.24. The molecule has 0 saturated carbocycles. The predicted octanol–water partition coefficient (Wildman–Crippen LogP) is 0.0988. The molecule has 2 amide bonds. The van der Waals surface area contributed by atoms with E-state index in [9.17, 15) is 9.59 Å². The van der Waals surface area contributed by atoms with Gasteiger partial charge >= 0.3 is 12.0 Å². The van der Waals surface area contributed by atoms with Crippen LogP contribution in [0.25, 0.3) is 0 Å². The Morgan fingerprint density at radius 2 is 2.00 bits per heavy atom. The van der Waals surface area contributed by atoms with E-state index in [4.69, 9.17) is 0 Å². The Morgan fingerprint density at radius 1 is 1.43 bits per heavy atom. The minimum atomic E-state index is -0.679. The number of urea groups is 1. The molecule has 0 aromatic heterocycles. The molecule has 0 rings (SSSR count). The number of hydrazone groups is 1. The molecule has 6 heteroatoms. The van der Waals surface area contributed by atoms with Gasteiger partial charge in [-0.2, -0.15) is 5.10 Å². The molecule has 0 fully saturated rings. The molecule has 0 spiro atoms. The predicted molar refractivity (Wildman–Crippen MR) is 51.9 cm³/mol. The molecule has 0 aliphatic rings. The fourth-order valence-electron chi connectivity index (χ4n) is 0.870. The van der Waals surface area contributed by atoms with Crippen molar-refractivity contribution >= 4 is 18.7 Å². The average molecular weight is 201 g/mol. The van der Waals surface area contributed by atoms with Crippen molar-refractivity contribution in [3.05, 3.63) is 0 Å². The lowest BCUT2D eigenvalue weighted by Crippen LogP contribution is -2.47. The summed E-state index contributed by atoms with van der Waals surface area (Å²) in [4.78, 5) is 22.2. The standard InChI is InChI=1S/C8H15N3O3/c1-5(2)6(7(12)14-4)10-8(13)11-9-3/h5-6H,3H2,1-2,4H3,(H2,10,11,13)/t6-/m0/s1. The number of rotatable bonds is 4. The number of methoxy groups -OCH3 is 1. The lowest BCUT2D eigenvalue weighted by Gasteiger charge is -2.18. The molecule has 6 nitrogen and oxygen atoms in total. The number of nitrogens with one attached hydrogen (secondary N) is 2. The van der Waals surface area contributed by atoms with E-state index in [1.54, 1.807) is 13.8 Å². The van der Waals surface area contributed by atoms with Gasteiger partial charge < -0.3 is 10.1 Å². The SMILES string of the molecule is C=NNC(=O)N[C@H](C(=O)OC)C(C)C. The number of hydrogen-bond acceptors (Lipinski definition) is 4. The summed E-state index contributed by atoms with van der Waals surface area (Å²) in [7, 11) is 1.27. The van der Waals surface area contributed by atoms with Gasteiger partial charge in [0.1, 0.15) is 6.04 Å². The molecule has 0 bridgehead atoms. The Bertz CT molecular complexity index is 228. The van der Waals surface area contributed by atoms with E-state index >= 15 is 0 Å². The number of amides is 2. The van der Waals surface area contributed by atoms with E-state index in [0.717, 1.165) is 0 Å². The summed E-state index contributed by atoms with van der Waals surface area (Å²) in [5.41, 5.74) is 2.07. The molecule has 0 radical (unpaired) electrons. The smallest absolute Gasteiger partial charge is 0.335 e. The first-order valence-electron chi connectivity index (χ1n) is 4.13. The van der Waals surface area contributed by atoms with Crippen molar-refractivity contribution in [2.24, 2.45) is 11.0 Å². The zero-order chi connectivity index (χ0) is 11.1. The molecule has 0 aliphatic heterocycles. The molecule has 2 N–H and O–H groups in total. The number of ether oxygens (including phenoxy) is 1. The summed E-state index contributed by atoms with van der Waals surface area (Å²) >= 11 is 0. The van der Waals surface area contributed by atoms with Crippen LogP contribution >= 0.6 is 0 Å². The second-order valence-corrected chi connectivity index (χ2v) is 2.99. The maximum Gasteiger partial charge on any atom is 0.335 e. The van der Waals surface area contributed by atoms with Gasteiger partial charge in [-0.15, -0.1) is 0 Å². The molecule has 80 valence electrons. The molecule has 1 atom stereocenters. The van der Waals surface area contributed by atoms with E-state index in [-0.39, 0.29) is 5.92 Å². The van der Waals surface area contributed by atoms with Crippen molar-refractivity contribution in [3.8, 4) is 0 Å². The lowest BCUT2D eigenvalue weighted by molar-refractivity contribution is -0.143. The normalized spacial score (nSPS) is 11.7. The Morgan fingerprint density at radius 3 is 2.36 bits per heavy atom. The van der Waals surface area contributed by atoms with Crippen LogP contribution in [0.5, 0.6) is 0 Å². The number of nitrogens with zero attached hydrogens (tertiary/aromatic N) is 1. The Labute approximate surface area is 82.7 Å². The maximum atomic E-state index is 11.2. The summed E-state index contributed by atoms with van der Waals surface area (Å²) in [6.07, 6.45) is 0. The van der Waals surface area contributed by atoms with Gasteiger partial charge in [0, 0.05) is 6.72 Å². The number of carbonyl (C=O) groups excluding carboxylic acids is 2. The quantitative estimate of drug-likeness (QED) is 0.384. The zero-order valence-corrected chi connectivity index (χ0v) is 8.53. The summed E-state index contributed by atoms with van der Waals surface area (Å²) in [5, 5.41) is 5.58. The third-order valence-electron chi connectivity index (χ3n) is 1.59. The number of carbonyl (C=O) groups is 2. The van der Waals surface area contributed by atoms with Gasteiger partial charge in [0.25, 0.3) is 0 Å². The topological polar surface area (TPSA) is 79.8 Å². The largest absolute Gasteiger partial charge is 0.467 e. The first-order chi connectivity index (χ1) is 6.52. The van der Waals surface area contributed by atoms with Gasteiger partial charge in [0.05, 0.1) is 7.11 Å². The summed E-state index contributed by atoms with van der Waals surface area (Å²) in [6, 6.07) is -1.26. The van der Waals surface area contributed by atoms with Crippen LogP contribution in [0.15, 0.2) is 5.10 Å². The first-order valence-corrected chi connectivity index (χ1v) is 4.13. The third-order valence-corrected chi connectivity index (χ3v) is 1.59. The van der Waals surface area contributed by atoms with Crippen molar-refractivity contribution in [3.63, 3.8) is 0 Å². The van der Waals surface area contributed by atoms with E-state index < -0.39 is 18.0 Å². The van der Waals surface area contributed by atoms with Crippen LogP contribution in [0.1, 0.15) is 13.8 Å². The van der Waals surface area contributed by atoms with Crippen LogP contribution in [0, 0.1) is 5.92 Å². The summed E-state index contributed by atoms with van der Waals surface area (Å²) in [6.45, 7) is 6.67. The van der Waals surface area contributed by atoms with Crippen molar-refractivity contribution in [1.29, 1.82) is 0 Å². The van der Waals surface area contributed by atoms with E-state index in [2.05, 4.69) is 27.3 Å². The van der Waals surface area contributed by atoms with E-state index in [1.807, 2.05) is 0 Å². The zero-order valence-electron chi connectivity index (χ0n) is 8.53. The summed E-state index contributed by atoms with van der Waals surface area (Å²) < 4.78 is 4.53. The van der Waals surface area contributed by atoms with Crippen molar-refractivity contribution in [1.82, 2.24) is 10.7 Å². The number of hydrogen-bond donors (Lipinski definition) is 2. The van der Waals surface area contributed by atoms with E-state index in [1.165, 1.54) is 7.11 Å². The molecule has 0 unspecified atom stereocenters. The monoisotopic (exact) mass is 201 g/mol. The summed E-state index contributed by atoms with van der Waals surface area (Å²) in [5.74, 6) is -0.544. The molecule has 0 saturated heterocycles. The molecule has 0 heterocycles. The molecule has 0 aliphatic carbocycles. The van der Waals surface area contributed by atoms with Crippen molar-refractivity contribution in [2.75, 3.05) is 7.11 Å². The Balaban J connectivity index is 4.30. The Kier molecular flexibility index (Phi) is 5.28. The highest BCUT2D eigenvalue weighted by atomic mass is 16.5. The minimum Gasteiger partial charge on any atom is -0.467 e. The third kappa shape index (κ3) is 3.88. The fourth-order valence-corrected chi connectivity index (χ4v) is 0.870. The van der Waals surface area contributed by atoms with Crippen molar-refractivity contribution < 1.29 is 14.3 Å². The van der Waals surface area contributed by atoms with Crippen LogP contribution in [0.3, 0.4) is 0 Å². The number of esters is 1. The maximum absolute atomic E-state index is 11.2. The van der Waals surface area contributed by atoms with Crippen LogP contribution in [-0.2, 0) is 9.53 Å². The highest BCUT2D eigenvalue weighted by Crippen LogP contribution is 2.02. The van der Waals surface area contributed by atoms with Crippen LogP contribution < -0.4 is 10.7 Å². The van der Waals surface area contributed by atoms with Crippen molar-refractivity contribution in [2.45, 2.75) is 19.9 Å². The van der Waals surface area contributed by atoms with Gasteiger partial charge in [-0.1, -0.05) is 13.8 Å². The second-order valence-electron chi connectivity index (χ2n) is 2.99. The first kappa shape index (κ1) is 12.4. The molecular weight excluding hydrogens is 186 g/mol. The highest BCUT2D eigenvalue weighted by molar-refractivity contribution is 5.83. The Hall–Kier alpha value is -1.59.